The Bertz CT molecular complexity index is 917. The lowest BCUT2D eigenvalue weighted by Crippen LogP contribution is -2.32. The standard InChI is InChI=1S/C20H18Cl2N2O3/c1-26-16-5-4-13(19(25)24-17-14(21)10-23-11-15(17)22)12-6-9-20(27-18(12)16)7-2-3-8-20/h4-6,9-11H,2-3,7-8H2,1H3,(H,23,24,25). The van der Waals surface area contributed by atoms with Crippen molar-refractivity contribution in [3.05, 3.63) is 51.8 Å². The first-order valence-electron chi connectivity index (χ1n) is 8.72. The minimum absolute atomic E-state index is 0.273. The van der Waals surface area contributed by atoms with Crippen molar-refractivity contribution in [3.63, 3.8) is 0 Å². The average Bonchev–Trinajstić information content (AvgIpc) is 3.11. The lowest BCUT2D eigenvalue weighted by Gasteiger charge is -2.32. The number of benzene rings is 1. The van der Waals surface area contributed by atoms with Gasteiger partial charge in [-0.1, -0.05) is 29.3 Å². The van der Waals surface area contributed by atoms with Crippen molar-refractivity contribution in [3.8, 4) is 11.5 Å². The number of ether oxygens (including phenoxy) is 2. The second kappa shape index (κ2) is 7.06. The molecule has 27 heavy (non-hydrogen) atoms. The number of fused-ring (bicyclic) bond motifs is 1. The second-order valence-electron chi connectivity index (χ2n) is 6.70. The van der Waals surface area contributed by atoms with E-state index in [0.29, 0.717) is 28.3 Å². The summed E-state index contributed by atoms with van der Waals surface area (Å²) < 4.78 is 11.8. The smallest absolute Gasteiger partial charge is 0.256 e. The Morgan fingerprint density at radius 2 is 1.93 bits per heavy atom. The van der Waals surface area contributed by atoms with Crippen LogP contribution >= 0.6 is 23.2 Å². The summed E-state index contributed by atoms with van der Waals surface area (Å²) in [5, 5.41) is 3.32. The molecule has 4 rings (SSSR count). The zero-order chi connectivity index (χ0) is 19.0. The highest BCUT2D eigenvalue weighted by molar-refractivity contribution is 6.39. The van der Waals surface area contributed by atoms with E-state index in [9.17, 15) is 4.79 Å². The Morgan fingerprint density at radius 3 is 2.59 bits per heavy atom. The molecule has 140 valence electrons. The van der Waals surface area contributed by atoms with E-state index < -0.39 is 0 Å². The molecule has 5 nitrogen and oxygen atoms in total. The van der Waals surface area contributed by atoms with Crippen molar-refractivity contribution in [2.75, 3.05) is 12.4 Å². The van der Waals surface area contributed by atoms with Crippen LogP contribution in [0.3, 0.4) is 0 Å². The minimum atomic E-state index is -0.334. The number of pyridine rings is 1. The minimum Gasteiger partial charge on any atom is -0.493 e. The van der Waals surface area contributed by atoms with Crippen molar-refractivity contribution >= 4 is 40.9 Å². The van der Waals surface area contributed by atoms with Crippen LogP contribution in [0.25, 0.3) is 6.08 Å². The fourth-order valence-corrected chi connectivity index (χ4v) is 4.09. The van der Waals surface area contributed by atoms with E-state index >= 15 is 0 Å². The molecule has 0 radical (unpaired) electrons. The lowest BCUT2D eigenvalue weighted by molar-refractivity contribution is 0.101. The molecule has 1 aromatic carbocycles. The van der Waals surface area contributed by atoms with Crippen molar-refractivity contribution in [1.82, 2.24) is 4.98 Å². The maximum absolute atomic E-state index is 12.9. The fourth-order valence-electron chi connectivity index (χ4n) is 3.64. The average molecular weight is 405 g/mol. The maximum atomic E-state index is 12.9. The summed E-state index contributed by atoms with van der Waals surface area (Å²) in [4.78, 5) is 16.8. The molecule has 0 atom stereocenters. The number of hydrogen-bond acceptors (Lipinski definition) is 4. The molecule has 1 saturated carbocycles. The van der Waals surface area contributed by atoms with Gasteiger partial charge in [-0.3, -0.25) is 9.78 Å². The van der Waals surface area contributed by atoms with E-state index in [1.165, 1.54) is 12.4 Å². The SMILES string of the molecule is COc1ccc(C(=O)Nc2c(Cl)cncc2Cl)c2c1OC1(C=C2)CCCC1. The van der Waals surface area contributed by atoms with Gasteiger partial charge in [0.05, 0.1) is 28.4 Å². The molecule has 1 fully saturated rings. The maximum Gasteiger partial charge on any atom is 0.256 e. The number of carbonyl (C=O) groups excluding carboxylic acids is 1. The Kier molecular flexibility index (Phi) is 4.74. The summed E-state index contributed by atoms with van der Waals surface area (Å²) in [6, 6.07) is 3.45. The summed E-state index contributed by atoms with van der Waals surface area (Å²) >= 11 is 12.2. The predicted molar refractivity (Wildman–Crippen MR) is 106 cm³/mol. The number of amides is 1. The zero-order valence-electron chi connectivity index (χ0n) is 14.7. The monoisotopic (exact) mass is 404 g/mol. The Hall–Kier alpha value is -2.24. The van der Waals surface area contributed by atoms with E-state index in [-0.39, 0.29) is 21.6 Å². The third-order valence-corrected chi connectivity index (χ3v) is 5.60. The normalized spacial score (nSPS) is 16.7. The van der Waals surface area contributed by atoms with Crippen LogP contribution in [0.4, 0.5) is 5.69 Å². The highest BCUT2D eigenvalue weighted by Gasteiger charge is 2.38. The summed E-state index contributed by atoms with van der Waals surface area (Å²) in [7, 11) is 1.59. The van der Waals surface area contributed by atoms with Crippen molar-refractivity contribution in [2.45, 2.75) is 31.3 Å². The van der Waals surface area contributed by atoms with Crippen molar-refractivity contribution in [1.29, 1.82) is 0 Å². The molecule has 7 heteroatoms. The second-order valence-corrected chi connectivity index (χ2v) is 7.51. The predicted octanol–water partition coefficient (Wildman–Crippen LogP) is 5.37. The molecule has 0 unspecified atom stereocenters. The lowest BCUT2D eigenvalue weighted by atomic mass is 9.94. The number of nitrogens with one attached hydrogen (secondary N) is 1. The van der Waals surface area contributed by atoms with E-state index in [1.807, 2.05) is 6.08 Å². The first-order valence-corrected chi connectivity index (χ1v) is 9.48. The molecule has 2 heterocycles. The first kappa shape index (κ1) is 18.1. The molecule has 0 saturated heterocycles. The van der Waals surface area contributed by atoms with E-state index in [2.05, 4.69) is 16.4 Å². The van der Waals surface area contributed by atoms with Gasteiger partial charge in [-0.2, -0.15) is 0 Å². The zero-order valence-corrected chi connectivity index (χ0v) is 16.2. The molecular weight excluding hydrogens is 387 g/mol. The van der Waals surface area contributed by atoms with E-state index in [4.69, 9.17) is 32.7 Å². The van der Waals surface area contributed by atoms with Crippen LogP contribution in [0.15, 0.2) is 30.6 Å². The van der Waals surface area contributed by atoms with Crippen molar-refractivity contribution < 1.29 is 14.3 Å². The number of hydrogen-bond donors (Lipinski definition) is 1. The molecular formula is C20H18Cl2N2O3. The van der Waals surface area contributed by atoms with Gasteiger partial charge in [0.25, 0.3) is 5.91 Å². The topological polar surface area (TPSA) is 60.5 Å². The number of anilines is 1. The molecule has 1 spiro atoms. The number of methoxy groups -OCH3 is 1. The summed E-state index contributed by atoms with van der Waals surface area (Å²) in [5.74, 6) is 0.873. The number of rotatable bonds is 3. The van der Waals surface area contributed by atoms with Gasteiger partial charge >= 0.3 is 0 Å². The summed E-state index contributed by atoms with van der Waals surface area (Å²) in [5.41, 5.74) is 1.17. The molecule has 0 bridgehead atoms. The first-order chi connectivity index (χ1) is 13.0. The highest BCUT2D eigenvalue weighted by atomic mass is 35.5. The summed E-state index contributed by atoms with van der Waals surface area (Å²) in [6.07, 6.45) is 11.1. The third-order valence-electron chi connectivity index (χ3n) is 5.03. The van der Waals surface area contributed by atoms with Crippen LogP contribution in [0.2, 0.25) is 10.0 Å². The molecule has 1 aliphatic carbocycles. The van der Waals surface area contributed by atoms with Gasteiger partial charge in [0, 0.05) is 18.0 Å². The van der Waals surface area contributed by atoms with Crippen LogP contribution < -0.4 is 14.8 Å². The van der Waals surface area contributed by atoms with E-state index in [0.717, 1.165) is 25.7 Å². The van der Waals surface area contributed by atoms with Crippen LogP contribution in [-0.2, 0) is 0 Å². The summed E-state index contributed by atoms with van der Waals surface area (Å²) in [6.45, 7) is 0. The molecule has 2 aliphatic rings. The largest absolute Gasteiger partial charge is 0.493 e. The number of nitrogens with zero attached hydrogens (tertiary/aromatic N) is 1. The van der Waals surface area contributed by atoms with Crippen molar-refractivity contribution in [2.24, 2.45) is 0 Å². The fraction of sp³-hybridized carbons (Fsp3) is 0.300. The molecule has 1 amide bonds. The van der Waals surface area contributed by atoms with E-state index in [1.54, 1.807) is 19.2 Å². The van der Waals surface area contributed by atoms with Crippen LogP contribution in [-0.4, -0.2) is 23.6 Å². The molecule has 1 aromatic heterocycles. The molecule has 1 N–H and O–H groups in total. The molecule has 2 aromatic rings. The quantitative estimate of drug-likeness (QED) is 0.746. The third kappa shape index (κ3) is 3.26. The van der Waals surface area contributed by atoms with Gasteiger partial charge < -0.3 is 14.8 Å². The van der Waals surface area contributed by atoms with Crippen LogP contribution in [0.5, 0.6) is 11.5 Å². The Labute approximate surface area is 167 Å². The van der Waals surface area contributed by atoms with Gasteiger partial charge in [0.2, 0.25) is 0 Å². The van der Waals surface area contributed by atoms with Gasteiger partial charge in [-0.05, 0) is 43.9 Å². The van der Waals surface area contributed by atoms with Crippen LogP contribution in [0, 0.1) is 0 Å². The number of halogens is 2. The Balaban J connectivity index is 1.72. The number of aromatic nitrogens is 1. The van der Waals surface area contributed by atoms with Gasteiger partial charge in [-0.25, -0.2) is 0 Å². The highest BCUT2D eigenvalue weighted by Crippen LogP contribution is 2.46. The Morgan fingerprint density at radius 1 is 1.22 bits per heavy atom. The molecule has 1 aliphatic heterocycles. The van der Waals surface area contributed by atoms with Crippen LogP contribution in [0.1, 0.15) is 41.6 Å². The van der Waals surface area contributed by atoms with Gasteiger partial charge in [0.1, 0.15) is 5.60 Å². The number of carbonyl (C=O) groups is 1. The van der Waals surface area contributed by atoms with Gasteiger partial charge in [-0.15, -0.1) is 0 Å². The van der Waals surface area contributed by atoms with Gasteiger partial charge in [0.15, 0.2) is 11.5 Å².